The summed E-state index contributed by atoms with van der Waals surface area (Å²) in [5.74, 6) is 0. The highest BCUT2D eigenvalue weighted by molar-refractivity contribution is 7.00. The second-order valence-electron chi connectivity index (χ2n) is 50.3. The fourth-order valence-electron chi connectivity index (χ4n) is 20.2. The Kier molecular flexibility index (Phi) is 19.3. The molecule has 710 valence electrons. The summed E-state index contributed by atoms with van der Waals surface area (Å²) < 4.78 is 210. The topological polar surface area (TPSA) is 16.3 Å². The van der Waals surface area contributed by atoms with Gasteiger partial charge in [0, 0.05) is 105 Å². The SMILES string of the molecule is [2H]C([2H])(c1cccc(-c2cc(C([2H])([2H])C(C)(C)C)cc(-c3cccc(C([2H])([2H])C(C)(C)C)c3)c2N2c3cc(-n4c5ccc(C([2H])([2H])C(C)(C)C)cc5c5cc(C([2H])([2H])C(C)(C)C)ccc54)ccc3B3c4ccc(-n5c6ccc(C([2H])([2H])C(C)(C)C)cc6c6cc(C([2H])([2H])C(C)(C)C)ccc65)cc4N(c4c(-c5cccc(C([2H])([2H])C(C)(C)C)c5)cc(C([2H])([2H])C(C)(C)C)cc4-c4cccc(C([2H])([2H])C(C)(C)C)c4)c4cc(C(C)(C)C)cc2c43)c1)C(C)(C)C. The van der Waals surface area contributed by atoms with Crippen LogP contribution in [0.1, 0.15) is 317 Å². The van der Waals surface area contributed by atoms with Gasteiger partial charge < -0.3 is 18.9 Å². The third kappa shape index (κ3) is 21.8. The molecule has 15 aromatic rings. The maximum Gasteiger partial charge on any atom is 0.252 e. The maximum absolute atomic E-state index is 10.8. The highest BCUT2D eigenvalue weighted by atomic mass is 15.2. The molecule has 0 N–H and O–H groups in total. The van der Waals surface area contributed by atoms with Crippen molar-refractivity contribution in [3.05, 3.63) is 304 Å². The first-order chi connectivity index (χ1) is 71.4. The normalized spacial score (nSPS) is 17.0. The van der Waals surface area contributed by atoms with E-state index in [-0.39, 0.29) is 11.1 Å². The molecular weight excluding hydrogens is 1650 g/mol. The predicted octanol–water partition coefficient (Wildman–Crippen LogP) is 35.8. The van der Waals surface area contributed by atoms with Crippen molar-refractivity contribution in [2.24, 2.45) is 54.1 Å². The molecule has 0 radical (unpaired) electrons. The van der Waals surface area contributed by atoms with Gasteiger partial charge >= 0.3 is 0 Å². The average molecular weight is 1830 g/mol. The van der Waals surface area contributed by atoms with E-state index in [0.717, 1.165) is 22.0 Å². The Morgan fingerprint density at radius 3 is 0.672 bits per heavy atom. The number of rotatable bonds is 18. The van der Waals surface area contributed by atoms with E-state index < -0.39 is 130 Å². The highest BCUT2D eigenvalue weighted by Gasteiger charge is 2.47. The lowest BCUT2D eigenvalue weighted by molar-refractivity contribution is 0.410. The highest BCUT2D eigenvalue weighted by Crippen LogP contribution is 2.57. The summed E-state index contributed by atoms with van der Waals surface area (Å²) in [7, 11) is 0. The molecule has 4 heterocycles. The van der Waals surface area contributed by atoms with Crippen molar-refractivity contribution in [1.82, 2.24) is 9.13 Å². The quantitative estimate of drug-likeness (QED) is 0.0796. The monoisotopic (exact) mass is 1830 g/mol. The molecule has 5 heteroatoms. The van der Waals surface area contributed by atoms with Crippen molar-refractivity contribution in [1.29, 1.82) is 0 Å². The Morgan fingerprint density at radius 1 is 0.219 bits per heavy atom. The molecule has 2 aliphatic heterocycles. The van der Waals surface area contributed by atoms with Gasteiger partial charge in [-0.1, -0.05) is 362 Å². The molecular formula is C132H159BN4. The van der Waals surface area contributed by atoms with Crippen LogP contribution >= 0.6 is 0 Å². The lowest BCUT2D eigenvalue weighted by atomic mass is 9.33. The van der Waals surface area contributed by atoms with E-state index in [1.54, 1.807) is 0 Å². The van der Waals surface area contributed by atoms with E-state index in [4.69, 9.17) is 0 Å². The van der Waals surface area contributed by atoms with E-state index in [9.17, 15) is 27.4 Å². The van der Waals surface area contributed by atoms with Crippen LogP contribution in [0.25, 0.3) is 99.5 Å². The van der Waals surface area contributed by atoms with Crippen molar-refractivity contribution in [3.63, 3.8) is 0 Å². The summed E-state index contributed by atoms with van der Waals surface area (Å²) >= 11 is 0. The van der Waals surface area contributed by atoms with Crippen LogP contribution in [-0.4, -0.2) is 15.8 Å². The van der Waals surface area contributed by atoms with Crippen LogP contribution in [0, 0.1) is 54.1 Å². The van der Waals surface area contributed by atoms with Crippen LogP contribution in [0.3, 0.4) is 0 Å². The Bertz CT molecular complexity index is 7420. The average Bonchev–Trinajstić information content (AvgIpc) is 1.22. The van der Waals surface area contributed by atoms with Gasteiger partial charge in [-0.2, -0.15) is 0 Å². The Hall–Kier alpha value is -10.9. The van der Waals surface area contributed by atoms with E-state index in [1.807, 2.05) is 402 Å². The van der Waals surface area contributed by atoms with Gasteiger partial charge in [-0.15, -0.1) is 0 Å². The molecule has 0 aliphatic carbocycles. The van der Waals surface area contributed by atoms with Gasteiger partial charge in [-0.05, 0) is 332 Å². The molecule has 137 heavy (non-hydrogen) atoms. The van der Waals surface area contributed by atoms with Gasteiger partial charge in [0.15, 0.2) is 0 Å². The van der Waals surface area contributed by atoms with Gasteiger partial charge in [-0.3, -0.25) is 0 Å². The molecule has 0 saturated heterocycles. The molecule has 0 bridgehead atoms. The summed E-state index contributed by atoms with van der Waals surface area (Å²) in [6.45, 7) is 62.0. The molecule has 4 nitrogen and oxygen atoms in total. The third-order valence-corrected chi connectivity index (χ3v) is 24.5. The third-order valence-electron chi connectivity index (χ3n) is 24.5. The molecule has 17 rings (SSSR count). The zero-order chi connectivity index (χ0) is 117. The smallest absolute Gasteiger partial charge is 0.252 e. The summed E-state index contributed by atoms with van der Waals surface area (Å²) in [5, 5.41) is 2.68. The van der Waals surface area contributed by atoms with E-state index in [1.165, 1.54) is 0 Å². The Morgan fingerprint density at radius 2 is 0.445 bits per heavy atom. The van der Waals surface area contributed by atoms with Crippen LogP contribution in [-0.2, 0) is 69.1 Å². The van der Waals surface area contributed by atoms with Crippen molar-refractivity contribution in [2.75, 3.05) is 9.80 Å². The summed E-state index contributed by atoms with van der Waals surface area (Å²) in [5.41, 5.74) is 7.45. The minimum Gasteiger partial charge on any atom is -0.310 e. The first-order valence-corrected chi connectivity index (χ1v) is 49.5. The molecule has 13 aromatic carbocycles. The molecule has 0 amide bonds. The Labute approximate surface area is 854 Å². The van der Waals surface area contributed by atoms with Gasteiger partial charge in [0.05, 0.1) is 33.4 Å². The van der Waals surface area contributed by atoms with Crippen LogP contribution in [0.15, 0.2) is 243 Å². The van der Waals surface area contributed by atoms with E-state index >= 15 is 0 Å². The molecule has 2 aromatic heterocycles. The molecule has 0 fully saturated rings. The summed E-state index contributed by atoms with van der Waals surface area (Å²) in [6.07, 6.45) is -19.9. The number of hydrogen-bond donors (Lipinski definition) is 0. The zero-order valence-electron chi connectivity index (χ0n) is 108. The van der Waals surface area contributed by atoms with Crippen molar-refractivity contribution in [2.45, 2.75) is 298 Å². The van der Waals surface area contributed by atoms with E-state index in [2.05, 4.69) is 88.2 Å². The first kappa shape index (κ1) is 75.1. The second kappa shape index (κ2) is 35.2. The first-order valence-electron chi connectivity index (χ1n) is 59.5. The molecule has 0 unspecified atom stereocenters. The molecule has 0 atom stereocenters. The fraction of sp³-hybridized carbons (Fsp3) is 0.409. The number of anilines is 6. The Balaban J connectivity index is 1.16. The standard InChI is InChI=1S/C132H159BN4/c1-122(2,3)74-84-38-34-42-94(58-84)101-66-92(82-130(25,26)27)67-102(95-43-35-39-85(59-95)75-123(4,5)6)120(101)136-115-72-99(134-111-54-46-88(78-126(13,14)15)62-105(111)106-63-89(47-55-112(106)134)79-127(16,17)18)50-52-109(115)133-110-53-51-100(135-113-56-48-90(80-128(19,20)21)64-107(113)108-65-91(49-57-114(108)135)81-129(22,23)24)73-116(110)137(118-71-98(132(31,32)33)70-117(136)119(118)133)121-103(96-44-36-40-86(60-96)76-124(7,8)9)68-93(83-131(28,29)30)69-104(121)97-45-37-41-87(61-97)77-125(10,11)12/h34-73H,74-83H2,1-33H3/i74D2,75D2,76D2,77D2,78D2,79D2,80D2,81D2,82D2,83D2. The summed E-state index contributed by atoms with van der Waals surface area (Å²) in [6, 6.07) is 78.4. The minimum atomic E-state index is -2.16. The number of fused-ring (bicyclic) bond motifs is 10. The van der Waals surface area contributed by atoms with Gasteiger partial charge in [0.1, 0.15) is 0 Å². The lowest BCUT2D eigenvalue weighted by Crippen LogP contribution is -2.61. The number of hydrogen-bond acceptors (Lipinski definition) is 2. The second-order valence-corrected chi connectivity index (χ2v) is 50.3. The van der Waals surface area contributed by atoms with Gasteiger partial charge in [0.25, 0.3) is 6.71 Å². The number of aromatic nitrogens is 2. The predicted molar refractivity (Wildman–Crippen MR) is 601 cm³/mol. The van der Waals surface area contributed by atoms with Gasteiger partial charge in [0.2, 0.25) is 0 Å². The van der Waals surface area contributed by atoms with Crippen LogP contribution in [0.5, 0.6) is 0 Å². The van der Waals surface area contributed by atoms with Crippen molar-refractivity contribution >= 4 is 101 Å². The van der Waals surface area contributed by atoms with Gasteiger partial charge in [-0.25, -0.2) is 0 Å². The van der Waals surface area contributed by atoms with Crippen LogP contribution in [0.2, 0.25) is 0 Å². The zero-order valence-corrected chi connectivity index (χ0v) is 88.0. The van der Waals surface area contributed by atoms with E-state index in [0.29, 0.717) is 178 Å². The maximum atomic E-state index is 10.8. The van der Waals surface area contributed by atoms with Crippen LogP contribution < -0.4 is 26.2 Å². The lowest BCUT2D eigenvalue weighted by Gasteiger charge is -2.46. The minimum absolute atomic E-state index is 0.280. The number of benzene rings is 13. The van der Waals surface area contributed by atoms with Crippen LogP contribution in [0.4, 0.5) is 34.1 Å². The molecule has 0 saturated carbocycles. The number of nitrogens with zero attached hydrogens (tertiary/aromatic N) is 4. The van der Waals surface area contributed by atoms with Crippen molar-refractivity contribution < 1.29 is 27.4 Å². The molecule has 0 spiro atoms. The summed E-state index contributed by atoms with van der Waals surface area (Å²) in [4.78, 5) is 4.61. The molecule has 2 aliphatic rings. The van der Waals surface area contributed by atoms with Crippen molar-refractivity contribution in [3.8, 4) is 55.9 Å². The fourth-order valence-corrected chi connectivity index (χ4v) is 20.2. The largest absolute Gasteiger partial charge is 0.310 e.